The molecule has 1 spiro atoms. The van der Waals surface area contributed by atoms with Crippen LogP contribution in [-0.4, -0.2) is 75.8 Å². The molecule has 1 atom stereocenters. The molecule has 3 aliphatic rings. The molecule has 1 aromatic carbocycles. The average Bonchev–Trinajstić information content (AvgIpc) is 2.90. The molecule has 1 aromatic heterocycles. The maximum Gasteiger partial charge on any atom is 0.331 e. The molecule has 4 amide bonds. The number of aromatic hydroxyl groups is 1. The number of aliphatic imine (C=N–C) groups is 1. The minimum absolute atomic E-state index is 0.0586. The number of imide groups is 2. The summed E-state index contributed by atoms with van der Waals surface area (Å²) in [7, 11) is 0. The summed E-state index contributed by atoms with van der Waals surface area (Å²) in [4.78, 5) is 73.8. The van der Waals surface area contributed by atoms with E-state index in [4.69, 9.17) is 0 Å². The Hall–Kier alpha value is -4.26. The van der Waals surface area contributed by atoms with Gasteiger partial charge in [0, 0.05) is 38.1 Å². The average molecular weight is 538 g/mol. The lowest BCUT2D eigenvalue weighted by Gasteiger charge is -2.54. The third kappa shape index (κ3) is 4.42. The van der Waals surface area contributed by atoms with Gasteiger partial charge in [-0.3, -0.25) is 44.5 Å². The lowest BCUT2D eigenvalue weighted by Crippen LogP contribution is -2.74. The number of urea groups is 1. The number of unbranched alkanes of at least 4 members (excludes halogenated alkanes) is 1. The van der Waals surface area contributed by atoms with Crippen molar-refractivity contribution >= 4 is 35.4 Å². The molecule has 13 heteroatoms. The molecule has 0 bridgehead atoms. The summed E-state index contributed by atoms with van der Waals surface area (Å²) in [5, 5.41) is 15.2. The summed E-state index contributed by atoms with van der Waals surface area (Å²) in [5.41, 5.74) is -1.14. The van der Waals surface area contributed by atoms with E-state index in [0.29, 0.717) is 30.8 Å². The van der Waals surface area contributed by atoms with Crippen molar-refractivity contribution in [1.29, 1.82) is 0 Å². The number of amides is 4. The van der Waals surface area contributed by atoms with Crippen molar-refractivity contribution in [1.82, 2.24) is 25.1 Å². The molecule has 3 aliphatic heterocycles. The first kappa shape index (κ1) is 26.4. The van der Waals surface area contributed by atoms with Gasteiger partial charge in [-0.05, 0) is 43.1 Å². The van der Waals surface area contributed by atoms with Gasteiger partial charge in [0.2, 0.25) is 17.7 Å². The molecule has 0 aliphatic carbocycles. The predicted octanol–water partition coefficient (Wildman–Crippen LogP) is 0.212. The first-order valence-corrected chi connectivity index (χ1v) is 13.1. The fourth-order valence-corrected chi connectivity index (χ4v) is 5.71. The van der Waals surface area contributed by atoms with Gasteiger partial charge < -0.3 is 10.0 Å². The molecule has 39 heavy (non-hydrogen) atoms. The van der Waals surface area contributed by atoms with Crippen LogP contribution in [0, 0.1) is 5.41 Å². The van der Waals surface area contributed by atoms with Gasteiger partial charge in [-0.25, -0.2) is 9.59 Å². The number of rotatable bonds is 6. The molecule has 4 heterocycles. The minimum atomic E-state index is -1.51. The van der Waals surface area contributed by atoms with E-state index in [-0.39, 0.29) is 18.5 Å². The lowest BCUT2D eigenvalue weighted by molar-refractivity contribution is -0.147. The van der Waals surface area contributed by atoms with Crippen LogP contribution in [0.2, 0.25) is 0 Å². The number of hydrogen-bond donors (Lipinski definition) is 4. The van der Waals surface area contributed by atoms with Crippen molar-refractivity contribution in [3.63, 3.8) is 0 Å². The van der Waals surface area contributed by atoms with E-state index >= 15 is 0 Å². The van der Waals surface area contributed by atoms with Crippen LogP contribution >= 0.6 is 0 Å². The van der Waals surface area contributed by atoms with E-state index in [1.807, 2.05) is 24.8 Å². The Morgan fingerprint density at radius 1 is 1.10 bits per heavy atom. The third-order valence-electron chi connectivity index (χ3n) is 7.87. The van der Waals surface area contributed by atoms with Crippen molar-refractivity contribution in [3.8, 4) is 5.88 Å². The maximum absolute atomic E-state index is 13.3. The first-order chi connectivity index (χ1) is 18.7. The summed E-state index contributed by atoms with van der Waals surface area (Å²) < 4.78 is 1.10. The summed E-state index contributed by atoms with van der Waals surface area (Å²) in [6.45, 7) is 6.81. The summed E-state index contributed by atoms with van der Waals surface area (Å²) in [6.07, 6.45) is 2.69. The zero-order valence-corrected chi connectivity index (χ0v) is 21.8. The third-order valence-corrected chi connectivity index (χ3v) is 7.87. The van der Waals surface area contributed by atoms with E-state index in [1.54, 1.807) is 12.1 Å². The predicted molar refractivity (Wildman–Crippen MR) is 143 cm³/mol. The standard InChI is InChI=1S/C26H31N7O6/c1-3-5-8-33-21(35)17(20(34)28-25(33)39)13-27-16-6-7-18-15(11-16)12-26(22(36)29-24(38)30-23(26)37)19-14-31(4-2)9-10-32(18)19/h6-7,11,13,19,35H,3-5,8-10,12,14H2,1-2H3,(H,28,34,39)(H2,29,30,36,37,38). The van der Waals surface area contributed by atoms with Crippen LogP contribution in [0.3, 0.4) is 0 Å². The van der Waals surface area contributed by atoms with Crippen molar-refractivity contribution in [2.45, 2.75) is 45.7 Å². The Balaban J connectivity index is 1.53. The number of piperazine rings is 1. The Morgan fingerprint density at radius 3 is 2.54 bits per heavy atom. The minimum Gasteiger partial charge on any atom is -0.494 e. The Labute approximate surface area is 223 Å². The second-order valence-electron chi connectivity index (χ2n) is 10.1. The zero-order chi connectivity index (χ0) is 27.9. The Morgan fingerprint density at radius 2 is 1.85 bits per heavy atom. The number of aromatic amines is 1. The molecule has 206 valence electrons. The number of carbonyl (C=O) groups is 3. The number of fused-ring (bicyclic) bond motifs is 4. The SMILES string of the molecule is CCCCn1c(O)c(C=Nc2ccc3c(c2)CC2(C(=O)NC(=O)NC2=O)C2CN(CC)CCN32)c(=O)[nH]c1=O. The molecule has 2 aromatic rings. The highest BCUT2D eigenvalue weighted by Crippen LogP contribution is 2.45. The zero-order valence-electron chi connectivity index (χ0n) is 21.8. The number of likely N-dealkylation sites (N-methyl/N-ethyl adjacent to an activating group) is 1. The van der Waals surface area contributed by atoms with Crippen LogP contribution in [0.4, 0.5) is 16.2 Å². The summed E-state index contributed by atoms with van der Waals surface area (Å²) >= 11 is 0. The fourth-order valence-electron chi connectivity index (χ4n) is 5.71. The quantitative estimate of drug-likeness (QED) is 0.299. The molecule has 0 radical (unpaired) electrons. The number of nitrogens with one attached hydrogen (secondary N) is 3. The molecule has 1 unspecified atom stereocenters. The summed E-state index contributed by atoms with van der Waals surface area (Å²) in [6, 6.07) is 4.03. The van der Waals surface area contributed by atoms with E-state index < -0.39 is 46.4 Å². The van der Waals surface area contributed by atoms with Crippen molar-refractivity contribution in [2.75, 3.05) is 31.1 Å². The van der Waals surface area contributed by atoms with E-state index in [2.05, 4.69) is 25.5 Å². The highest BCUT2D eigenvalue weighted by molar-refractivity contribution is 6.20. The smallest absolute Gasteiger partial charge is 0.331 e. The van der Waals surface area contributed by atoms with E-state index in [0.717, 1.165) is 29.8 Å². The van der Waals surface area contributed by atoms with Gasteiger partial charge in [0.05, 0.1) is 11.7 Å². The van der Waals surface area contributed by atoms with Gasteiger partial charge in [-0.2, -0.15) is 0 Å². The monoisotopic (exact) mass is 537 g/mol. The number of hydrogen-bond acceptors (Lipinski definition) is 9. The van der Waals surface area contributed by atoms with Crippen LogP contribution in [0.1, 0.15) is 37.8 Å². The molecule has 5 rings (SSSR count). The van der Waals surface area contributed by atoms with Gasteiger partial charge in [-0.1, -0.05) is 20.3 Å². The largest absolute Gasteiger partial charge is 0.494 e. The van der Waals surface area contributed by atoms with Crippen LogP contribution in [-0.2, 0) is 22.6 Å². The molecule has 13 nitrogen and oxygen atoms in total. The lowest BCUT2D eigenvalue weighted by atomic mass is 9.68. The highest BCUT2D eigenvalue weighted by Gasteiger charge is 2.60. The van der Waals surface area contributed by atoms with Gasteiger partial charge in [0.25, 0.3) is 5.56 Å². The van der Waals surface area contributed by atoms with Crippen molar-refractivity contribution in [2.24, 2.45) is 10.4 Å². The summed E-state index contributed by atoms with van der Waals surface area (Å²) in [5.74, 6) is -1.72. The van der Waals surface area contributed by atoms with Gasteiger partial charge >= 0.3 is 11.7 Å². The first-order valence-electron chi connectivity index (χ1n) is 13.1. The molecule has 2 saturated heterocycles. The van der Waals surface area contributed by atoms with Gasteiger partial charge in [-0.15, -0.1) is 0 Å². The van der Waals surface area contributed by atoms with Crippen LogP contribution in [0.15, 0.2) is 32.8 Å². The topological polar surface area (TPSA) is 169 Å². The molecule has 2 fully saturated rings. The number of nitrogens with zero attached hydrogens (tertiary/aromatic N) is 4. The van der Waals surface area contributed by atoms with Gasteiger partial charge in [0.1, 0.15) is 5.56 Å². The second kappa shape index (κ2) is 10.1. The van der Waals surface area contributed by atoms with Crippen LogP contribution in [0.25, 0.3) is 0 Å². The fraction of sp³-hybridized carbons (Fsp3) is 0.462. The highest BCUT2D eigenvalue weighted by atomic mass is 16.3. The van der Waals surface area contributed by atoms with Crippen LogP contribution in [0.5, 0.6) is 5.88 Å². The molecule has 4 N–H and O–H groups in total. The van der Waals surface area contributed by atoms with E-state index in [1.165, 1.54) is 6.21 Å². The normalized spacial score (nSPS) is 20.6. The molecule has 0 saturated carbocycles. The van der Waals surface area contributed by atoms with Crippen LogP contribution < -0.4 is 26.8 Å². The van der Waals surface area contributed by atoms with Gasteiger partial charge in [0.15, 0.2) is 5.41 Å². The van der Waals surface area contributed by atoms with Crippen molar-refractivity contribution in [3.05, 3.63) is 50.2 Å². The number of barbiturate groups is 1. The Bertz CT molecular complexity index is 1470. The number of aromatic nitrogens is 2. The number of carbonyl (C=O) groups excluding carboxylic acids is 3. The second-order valence-corrected chi connectivity index (χ2v) is 10.1. The molecular weight excluding hydrogens is 506 g/mol. The number of benzene rings is 1. The molecular formula is C26H31N7O6. The number of anilines is 1. The number of H-pyrrole nitrogens is 1. The Kier molecular flexibility index (Phi) is 6.85. The van der Waals surface area contributed by atoms with E-state index in [9.17, 15) is 29.1 Å². The maximum atomic E-state index is 13.3. The van der Waals surface area contributed by atoms with Crippen molar-refractivity contribution < 1.29 is 19.5 Å².